The van der Waals surface area contributed by atoms with E-state index in [1.807, 2.05) is 43.3 Å². The highest BCUT2D eigenvalue weighted by Gasteiger charge is 2.08. The molecule has 0 saturated carbocycles. The number of anilines is 1. The largest absolute Gasteiger partial charge is 0.486 e. The standard InChI is InChI=1S/C14H13N3OS/c1-9-7-11-13(15)16-12(17-14(11)19-9)8-18-10-5-3-2-4-6-10/h2-7H,8H2,1H3,(H2,15,16,17). The number of benzene rings is 1. The van der Waals surface area contributed by atoms with E-state index in [2.05, 4.69) is 9.97 Å². The molecule has 0 bridgehead atoms. The van der Waals surface area contributed by atoms with E-state index in [0.717, 1.165) is 16.0 Å². The van der Waals surface area contributed by atoms with Gasteiger partial charge in [0.1, 0.15) is 23.0 Å². The lowest BCUT2D eigenvalue weighted by Crippen LogP contribution is -2.03. The molecular weight excluding hydrogens is 258 g/mol. The van der Waals surface area contributed by atoms with Crippen LogP contribution in [-0.4, -0.2) is 9.97 Å². The van der Waals surface area contributed by atoms with Crippen LogP contribution in [0.15, 0.2) is 36.4 Å². The van der Waals surface area contributed by atoms with Gasteiger partial charge in [-0.05, 0) is 25.1 Å². The molecule has 0 aliphatic heterocycles. The molecule has 5 heteroatoms. The van der Waals surface area contributed by atoms with Gasteiger partial charge in [0.15, 0.2) is 5.82 Å². The number of aromatic nitrogens is 2. The molecule has 4 nitrogen and oxygen atoms in total. The lowest BCUT2D eigenvalue weighted by atomic mass is 10.3. The van der Waals surface area contributed by atoms with Crippen molar-refractivity contribution in [3.63, 3.8) is 0 Å². The van der Waals surface area contributed by atoms with Gasteiger partial charge in [0, 0.05) is 4.88 Å². The molecule has 0 unspecified atom stereocenters. The summed E-state index contributed by atoms with van der Waals surface area (Å²) in [6.07, 6.45) is 0. The number of nitrogens with zero attached hydrogens (tertiary/aromatic N) is 2. The maximum absolute atomic E-state index is 5.94. The van der Waals surface area contributed by atoms with Gasteiger partial charge in [-0.1, -0.05) is 18.2 Å². The van der Waals surface area contributed by atoms with Crippen molar-refractivity contribution in [2.75, 3.05) is 5.73 Å². The third-order valence-electron chi connectivity index (χ3n) is 2.70. The lowest BCUT2D eigenvalue weighted by molar-refractivity contribution is 0.296. The maximum atomic E-state index is 5.94. The monoisotopic (exact) mass is 271 g/mol. The molecule has 3 rings (SSSR count). The van der Waals surface area contributed by atoms with E-state index in [0.29, 0.717) is 18.2 Å². The summed E-state index contributed by atoms with van der Waals surface area (Å²) >= 11 is 1.62. The Balaban J connectivity index is 1.85. The summed E-state index contributed by atoms with van der Waals surface area (Å²) in [6.45, 7) is 2.35. The molecule has 2 heterocycles. The Morgan fingerprint density at radius 2 is 2.00 bits per heavy atom. The van der Waals surface area contributed by atoms with Crippen molar-refractivity contribution >= 4 is 27.4 Å². The summed E-state index contributed by atoms with van der Waals surface area (Å²) in [6, 6.07) is 11.6. The number of ether oxygens (including phenoxy) is 1. The average molecular weight is 271 g/mol. The van der Waals surface area contributed by atoms with E-state index in [9.17, 15) is 0 Å². The lowest BCUT2D eigenvalue weighted by Gasteiger charge is -2.05. The van der Waals surface area contributed by atoms with E-state index in [1.165, 1.54) is 4.88 Å². The van der Waals surface area contributed by atoms with Crippen molar-refractivity contribution in [3.8, 4) is 5.75 Å². The number of thiophene rings is 1. The van der Waals surface area contributed by atoms with Gasteiger partial charge in [-0.25, -0.2) is 9.97 Å². The van der Waals surface area contributed by atoms with E-state index < -0.39 is 0 Å². The van der Waals surface area contributed by atoms with Crippen molar-refractivity contribution in [2.45, 2.75) is 13.5 Å². The fourth-order valence-corrected chi connectivity index (χ4v) is 2.75. The number of nitrogen functional groups attached to an aromatic ring is 1. The van der Waals surface area contributed by atoms with Gasteiger partial charge in [-0.3, -0.25) is 0 Å². The van der Waals surface area contributed by atoms with Gasteiger partial charge in [0.05, 0.1) is 5.39 Å². The van der Waals surface area contributed by atoms with Gasteiger partial charge < -0.3 is 10.5 Å². The van der Waals surface area contributed by atoms with Crippen LogP contribution in [0.25, 0.3) is 10.2 Å². The zero-order valence-corrected chi connectivity index (χ0v) is 11.3. The minimum atomic E-state index is 0.321. The number of hydrogen-bond acceptors (Lipinski definition) is 5. The average Bonchev–Trinajstić information content (AvgIpc) is 2.79. The third kappa shape index (κ3) is 2.51. The first kappa shape index (κ1) is 11.9. The molecule has 96 valence electrons. The van der Waals surface area contributed by atoms with E-state index in [4.69, 9.17) is 10.5 Å². The van der Waals surface area contributed by atoms with Crippen LogP contribution in [-0.2, 0) is 6.61 Å². The Kier molecular flexibility index (Phi) is 3.05. The fourth-order valence-electron chi connectivity index (χ4n) is 1.84. The molecule has 0 saturated heterocycles. The van der Waals surface area contributed by atoms with Crippen molar-refractivity contribution in [1.82, 2.24) is 9.97 Å². The normalized spacial score (nSPS) is 10.8. The summed E-state index contributed by atoms with van der Waals surface area (Å²) in [4.78, 5) is 10.8. The Morgan fingerprint density at radius 3 is 2.79 bits per heavy atom. The van der Waals surface area contributed by atoms with Crippen molar-refractivity contribution < 1.29 is 4.74 Å². The van der Waals surface area contributed by atoms with Crippen LogP contribution >= 0.6 is 11.3 Å². The van der Waals surface area contributed by atoms with E-state index >= 15 is 0 Å². The minimum Gasteiger partial charge on any atom is -0.486 e. The van der Waals surface area contributed by atoms with Crippen LogP contribution in [0.3, 0.4) is 0 Å². The van der Waals surface area contributed by atoms with Gasteiger partial charge in [-0.15, -0.1) is 11.3 Å². The second kappa shape index (κ2) is 4.85. The minimum absolute atomic E-state index is 0.321. The van der Waals surface area contributed by atoms with Gasteiger partial charge in [0.2, 0.25) is 0 Å². The van der Waals surface area contributed by atoms with Crippen LogP contribution in [0, 0.1) is 6.92 Å². The highest BCUT2D eigenvalue weighted by molar-refractivity contribution is 7.18. The molecule has 19 heavy (non-hydrogen) atoms. The van der Waals surface area contributed by atoms with Crippen LogP contribution in [0.1, 0.15) is 10.7 Å². The zero-order valence-electron chi connectivity index (χ0n) is 10.5. The zero-order chi connectivity index (χ0) is 13.2. The molecule has 0 fully saturated rings. The second-order valence-corrected chi connectivity index (χ2v) is 5.44. The molecule has 0 aliphatic rings. The maximum Gasteiger partial charge on any atom is 0.169 e. The molecule has 2 N–H and O–H groups in total. The van der Waals surface area contributed by atoms with Gasteiger partial charge >= 0.3 is 0 Å². The number of fused-ring (bicyclic) bond motifs is 1. The fraction of sp³-hybridized carbons (Fsp3) is 0.143. The first-order chi connectivity index (χ1) is 9.22. The van der Waals surface area contributed by atoms with E-state index in [-0.39, 0.29) is 0 Å². The predicted octanol–water partition coefficient (Wildman–Crippen LogP) is 3.16. The molecule has 1 aromatic carbocycles. The summed E-state index contributed by atoms with van der Waals surface area (Å²) in [5.41, 5.74) is 5.94. The number of rotatable bonds is 3. The molecule has 2 aromatic heterocycles. The highest BCUT2D eigenvalue weighted by atomic mass is 32.1. The second-order valence-electron chi connectivity index (χ2n) is 4.20. The number of aryl methyl sites for hydroxylation is 1. The topological polar surface area (TPSA) is 61.0 Å². The molecule has 0 aliphatic carbocycles. The Labute approximate surface area is 114 Å². The van der Waals surface area contributed by atoms with Crippen molar-refractivity contribution in [1.29, 1.82) is 0 Å². The van der Waals surface area contributed by atoms with Crippen LogP contribution < -0.4 is 10.5 Å². The van der Waals surface area contributed by atoms with Crippen LogP contribution in [0.2, 0.25) is 0 Å². The Hall–Kier alpha value is -2.14. The van der Waals surface area contributed by atoms with Crippen LogP contribution in [0.4, 0.5) is 5.82 Å². The summed E-state index contributed by atoms with van der Waals surface area (Å²) in [7, 11) is 0. The Bertz CT molecular complexity index is 709. The van der Waals surface area contributed by atoms with E-state index in [1.54, 1.807) is 11.3 Å². The molecule has 0 spiro atoms. The highest BCUT2D eigenvalue weighted by Crippen LogP contribution is 2.26. The van der Waals surface area contributed by atoms with Crippen molar-refractivity contribution in [3.05, 3.63) is 47.1 Å². The van der Waals surface area contributed by atoms with Crippen LogP contribution in [0.5, 0.6) is 5.75 Å². The molecule has 0 atom stereocenters. The third-order valence-corrected chi connectivity index (χ3v) is 3.65. The predicted molar refractivity (Wildman–Crippen MR) is 77.3 cm³/mol. The first-order valence-electron chi connectivity index (χ1n) is 5.93. The summed E-state index contributed by atoms with van der Waals surface area (Å²) < 4.78 is 5.63. The molecule has 3 aromatic rings. The molecular formula is C14H13N3OS. The number of hydrogen-bond donors (Lipinski definition) is 1. The quantitative estimate of drug-likeness (QED) is 0.795. The number of para-hydroxylation sites is 1. The number of nitrogens with two attached hydrogens (primary N) is 1. The summed E-state index contributed by atoms with van der Waals surface area (Å²) in [5, 5.41) is 0.922. The van der Waals surface area contributed by atoms with Gasteiger partial charge in [0.25, 0.3) is 0 Å². The molecule has 0 radical (unpaired) electrons. The summed E-state index contributed by atoms with van der Waals surface area (Å²) in [5.74, 6) is 1.92. The SMILES string of the molecule is Cc1cc2c(N)nc(COc3ccccc3)nc2s1. The van der Waals surface area contributed by atoms with Crippen molar-refractivity contribution in [2.24, 2.45) is 0 Å². The van der Waals surface area contributed by atoms with Gasteiger partial charge in [-0.2, -0.15) is 0 Å². The molecule has 0 amide bonds. The smallest absolute Gasteiger partial charge is 0.169 e. The first-order valence-corrected chi connectivity index (χ1v) is 6.74. The Morgan fingerprint density at radius 1 is 1.21 bits per heavy atom.